The molecule has 0 atom stereocenters. The minimum Gasteiger partial charge on any atom is -0.455 e. The third-order valence-corrected chi connectivity index (χ3v) is 16.4. The number of furan rings is 1. The van der Waals surface area contributed by atoms with Gasteiger partial charge in [0.2, 0.25) is 0 Å². The normalized spacial score (nSPS) is 12.9. The Balaban J connectivity index is 1.12. The molecule has 0 unspecified atom stereocenters. The molecule has 3 heteroatoms. The van der Waals surface area contributed by atoms with Gasteiger partial charge < -0.3 is 9.32 Å². The number of rotatable bonds is 8. The summed E-state index contributed by atoms with van der Waals surface area (Å²) in [6.07, 6.45) is 0. The van der Waals surface area contributed by atoms with Gasteiger partial charge in [0.05, 0.1) is 6.85 Å². The Morgan fingerprint density at radius 1 is 0.373 bits per heavy atom. The maximum absolute atomic E-state index is 8.67. The summed E-state index contributed by atoms with van der Waals surface area (Å²) in [6, 6.07) is 71.2. The zero-order valence-electron chi connectivity index (χ0n) is 37.0. The molecule has 59 heavy (non-hydrogen) atoms. The third kappa shape index (κ3) is 5.94. The second kappa shape index (κ2) is 14.5. The molecule has 11 aromatic rings. The number of nitrogens with zero attached hydrogens (tertiary/aromatic N) is 1. The number of anilines is 3. The van der Waals surface area contributed by atoms with Gasteiger partial charge in [-0.3, -0.25) is 0 Å². The first-order chi connectivity index (χ1) is 31.3. The molecule has 0 N–H and O–H groups in total. The van der Waals surface area contributed by atoms with E-state index < -0.39 is 14.1 Å². The van der Waals surface area contributed by atoms with Gasteiger partial charge in [0.25, 0.3) is 0 Å². The molecule has 0 radical (unpaired) electrons. The standard InChI is InChI=1S/C56H39NOSi/c1-5-15-40(16-6-1)41-25-30-45(31-26-41)57(47-33-36-55-54(39-47)53-35-29-43-17-13-14-24-52(43)56(53)58-55)46-32-27-42-28-34-51(38-44(42)37-46)59(48-18-7-2-8-19-48,49-20-9-3-10-21-49)50-22-11-4-12-23-50/h1-39H/i1D,5D,6D,15D,16D. The van der Waals surface area contributed by atoms with E-state index in [1.807, 2.05) is 42.5 Å². The molecular formula is C56H39NOSi. The second-order valence-electron chi connectivity index (χ2n) is 14.9. The fourth-order valence-electron chi connectivity index (χ4n) is 8.92. The number of benzene rings is 10. The molecule has 0 saturated carbocycles. The van der Waals surface area contributed by atoms with Gasteiger partial charge in [0.1, 0.15) is 11.2 Å². The Labute approximate surface area is 351 Å². The van der Waals surface area contributed by atoms with Crippen molar-refractivity contribution in [3.63, 3.8) is 0 Å². The van der Waals surface area contributed by atoms with Crippen LogP contribution >= 0.6 is 0 Å². The van der Waals surface area contributed by atoms with Gasteiger partial charge in [-0.1, -0.05) is 188 Å². The van der Waals surface area contributed by atoms with Crippen LogP contribution in [-0.4, -0.2) is 8.07 Å². The molecule has 2 nitrogen and oxygen atoms in total. The molecule has 0 bridgehead atoms. The predicted molar refractivity (Wildman–Crippen MR) is 252 cm³/mol. The van der Waals surface area contributed by atoms with E-state index in [9.17, 15) is 0 Å². The van der Waals surface area contributed by atoms with E-state index in [0.29, 0.717) is 5.56 Å². The van der Waals surface area contributed by atoms with Crippen LogP contribution in [0.3, 0.4) is 0 Å². The zero-order chi connectivity index (χ0) is 43.5. The molecule has 0 saturated heterocycles. The summed E-state index contributed by atoms with van der Waals surface area (Å²) in [5.41, 5.74) is 5.03. The second-order valence-corrected chi connectivity index (χ2v) is 18.7. The van der Waals surface area contributed by atoms with Crippen LogP contribution in [0.25, 0.3) is 54.6 Å². The average Bonchev–Trinajstić information content (AvgIpc) is 3.73. The van der Waals surface area contributed by atoms with Crippen molar-refractivity contribution >= 4 is 89.4 Å². The summed E-state index contributed by atoms with van der Waals surface area (Å²) in [5.74, 6) is 0. The molecule has 278 valence electrons. The Bertz CT molecular complexity index is 3440. The van der Waals surface area contributed by atoms with E-state index in [4.69, 9.17) is 11.3 Å². The van der Waals surface area contributed by atoms with Crippen molar-refractivity contribution in [2.24, 2.45) is 0 Å². The highest BCUT2D eigenvalue weighted by atomic mass is 28.3. The lowest BCUT2D eigenvalue weighted by atomic mass is 10.0. The fraction of sp³-hybridized carbons (Fsp3) is 0. The van der Waals surface area contributed by atoms with Gasteiger partial charge in [-0.25, -0.2) is 0 Å². The lowest BCUT2D eigenvalue weighted by Crippen LogP contribution is -2.74. The Morgan fingerprint density at radius 2 is 0.949 bits per heavy atom. The minimum absolute atomic E-state index is 0.170. The van der Waals surface area contributed by atoms with Crippen molar-refractivity contribution in [1.82, 2.24) is 0 Å². The maximum Gasteiger partial charge on any atom is 0.179 e. The maximum atomic E-state index is 8.67. The van der Waals surface area contributed by atoms with Gasteiger partial charge in [-0.2, -0.15) is 0 Å². The Kier molecular flexibility index (Phi) is 7.30. The van der Waals surface area contributed by atoms with Crippen LogP contribution in [0.15, 0.2) is 241 Å². The molecule has 0 aliphatic rings. The molecular weight excluding hydrogens is 731 g/mol. The van der Waals surface area contributed by atoms with E-state index in [1.165, 1.54) is 20.7 Å². The van der Waals surface area contributed by atoms with E-state index in [2.05, 4.69) is 169 Å². The van der Waals surface area contributed by atoms with Crippen LogP contribution in [0.4, 0.5) is 17.1 Å². The summed E-state index contributed by atoms with van der Waals surface area (Å²) >= 11 is 0. The summed E-state index contributed by atoms with van der Waals surface area (Å²) in [5, 5.41) is 11.6. The topological polar surface area (TPSA) is 16.4 Å². The van der Waals surface area contributed by atoms with Crippen LogP contribution in [0.2, 0.25) is 0 Å². The van der Waals surface area contributed by atoms with Crippen LogP contribution in [0.1, 0.15) is 6.85 Å². The molecule has 11 rings (SSSR count). The van der Waals surface area contributed by atoms with Crippen molar-refractivity contribution in [3.8, 4) is 11.1 Å². The largest absolute Gasteiger partial charge is 0.455 e. The van der Waals surface area contributed by atoms with Gasteiger partial charge in [0.15, 0.2) is 8.07 Å². The molecule has 10 aromatic carbocycles. The molecule has 0 aliphatic carbocycles. The highest BCUT2D eigenvalue weighted by Gasteiger charge is 2.41. The van der Waals surface area contributed by atoms with Gasteiger partial charge in [0, 0.05) is 33.2 Å². The summed E-state index contributed by atoms with van der Waals surface area (Å²) in [4.78, 5) is 2.22. The van der Waals surface area contributed by atoms with E-state index >= 15 is 0 Å². The number of fused-ring (bicyclic) bond motifs is 6. The molecule has 0 spiro atoms. The molecule has 0 fully saturated rings. The van der Waals surface area contributed by atoms with Crippen molar-refractivity contribution in [2.75, 3.05) is 4.90 Å². The number of hydrogen-bond acceptors (Lipinski definition) is 2. The zero-order valence-corrected chi connectivity index (χ0v) is 33.0. The summed E-state index contributed by atoms with van der Waals surface area (Å²) in [6.45, 7) is 0. The van der Waals surface area contributed by atoms with E-state index in [-0.39, 0.29) is 29.7 Å². The highest BCUT2D eigenvalue weighted by molar-refractivity contribution is 7.20. The molecule has 0 aliphatic heterocycles. The quantitative estimate of drug-likeness (QED) is 0.113. The third-order valence-electron chi connectivity index (χ3n) is 11.7. The summed E-state index contributed by atoms with van der Waals surface area (Å²) in [7, 11) is -2.81. The SMILES string of the molecule is [2H]c1c([2H])c([2H])c(-c2ccc(N(c3ccc4ccc([Si](c5ccccc5)(c5ccccc5)c5ccccc5)cc4c3)c3ccc4oc5c6ccccc6ccc5c4c3)cc2)c([2H])c1[2H]. The van der Waals surface area contributed by atoms with Gasteiger partial charge in [-0.05, 0) is 96.6 Å². The van der Waals surface area contributed by atoms with Crippen molar-refractivity contribution in [1.29, 1.82) is 0 Å². The summed E-state index contributed by atoms with van der Waals surface area (Å²) < 4.78 is 48.7. The Morgan fingerprint density at radius 3 is 1.64 bits per heavy atom. The van der Waals surface area contributed by atoms with Crippen LogP contribution < -0.4 is 25.6 Å². The first kappa shape index (κ1) is 29.7. The van der Waals surface area contributed by atoms with E-state index in [0.717, 1.165) is 60.5 Å². The highest BCUT2D eigenvalue weighted by Crippen LogP contribution is 2.41. The molecule has 1 aromatic heterocycles. The average molecular weight is 775 g/mol. The first-order valence-electron chi connectivity index (χ1n) is 22.3. The first-order valence-corrected chi connectivity index (χ1v) is 21.8. The molecule has 1 heterocycles. The fourth-order valence-corrected chi connectivity index (χ4v) is 13.7. The van der Waals surface area contributed by atoms with Gasteiger partial charge in [-0.15, -0.1) is 0 Å². The smallest absolute Gasteiger partial charge is 0.179 e. The van der Waals surface area contributed by atoms with Crippen LogP contribution in [0.5, 0.6) is 0 Å². The van der Waals surface area contributed by atoms with Gasteiger partial charge >= 0.3 is 0 Å². The predicted octanol–water partition coefficient (Wildman–Crippen LogP) is 12.4. The Hall–Kier alpha value is -7.46. The monoisotopic (exact) mass is 774 g/mol. The van der Waals surface area contributed by atoms with Crippen molar-refractivity contribution in [3.05, 3.63) is 236 Å². The van der Waals surface area contributed by atoms with Crippen LogP contribution in [-0.2, 0) is 0 Å². The lowest BCUT2D eigenvalue weighted by Gasteiger charge is -2.34. The molecule has 0 amide bonds. The van der Waals surface area contributed by atoms with Crippen LogP contribution in [0, 0.1) is 0 Å². The number of hydrogen-bond donors (Lipinski definition) is 0. The van der Waals surface area contributed by atoms with Crippen molar-refractivity contribution < 1.29 is 11.3 Å². The van der Waals surface area contributed by atoms with E-state index in [1.54, 1.807) is 0 Å². The lowest BCUT2D eigenvalue weighted by molar-refractivity contribution is 0.672. The van der Waals surface area contributed by atoms with Crippen molar-refractivity contribution in [2.45, 2.75) is 0 Å². The minimum atomic E-state index is -2.81.